The van der Waals surface area contributed by atoms with E-state index in [-0.39, 0.29) is 12.2 Å². The summed E-state index contributed by atoms with van der Waals surface area (Å²) in [6.07, 6.45) is -0.883. The van der Waals surface area contributed by atoms with Gasteiger partial charge in [0, 0.05) is 11.3 Å². The van der Waals surface area contributed by atoms with E-state index in [0.717, 1.165) is 0 Å². The Morgan fingerprint density at radius 2 is 1.67 bits per heavy atom. The van der Waals surface area contributed by atoms with E-state index < -0.39 is 17.7 Å². The van der Waals surface area contributed by atoms with Gasteiger partial charge in [-0.3, -0.25) is 14.9 Å². The number of amides is 1. The standard InChI is InChI=1S/C15H19NO5/c1-15(2,3)21-14(19)16-11-7-5-10(6-8-11)12(17)9-13(18)20-4/h5-8H,9H2,1-4H3,(H,16,19). The molecule has 0 unspecified atom stereocenters. The van der Waals surface area contributed by atoms with Crippen molar-refractivity contribution in [1.82, 2.24) is 0 Å². The van der Waals surface area contributed by atoms with Gasteiger partial charge in [-0.05, 0) is 45.0 Å². The average Bonchev–Trinajstić information content (AvgIpc) is 2.36. The number of hydrogen-bond acceptors (Lipinski definition) is 5. The maximum atomic E-state index is 11.7. The quantitative estimate of drug-likeness (QED) is 0.524. The molecule has 6 nitrogen and oxygen atoms in total. The minimum absolute atomic E-state index is 0.310. The Kier molecular flexibility index (Phi) is 5.46. The van der Waals surface area contributed by atoms with E-state index in [1.165, 1.54) is 19.2 Å². The predicted octanol–water partition coefficient (Wildman–Crippen LogP) is 2.78. The lowest BCUT2D eigenvalue weighted by atomic mass is 10.1. The summed E-state index contributed by atoms with van der Waals surface area (Å²) in [6, 6.07) is 6.18. The average molecular weight is 293 g/mol. The molecule has 0 bridgehead atoms. The van der Waals surface area contributed by atoms with Crippen molar-refractivity contribution in [3.8, 4) is 0 Å². The molecule has 0 radical (unpaired) electrons. The highest BCUT2D eigenvalue weighted by Gasteiger charge is 2.16. The molecule has 0 spiro atoms. The SMILES string of the molecule is COC(=O)CC(=O)c1ccc(NC(=O)OC(C)(C)C)cc1. The molecular formula is C15H19NO5. The van der Waals surface area contributed by atoms with Gasteiger partial charge in [0.2, 0.25) is 0 Å². The summed E-state index contributed by atoms with van der Waals surface area (Å²) in [5.41, 5.74) is 0.287. The van der Waals surface area contributed by atoms with Crippen LogP contribution in [0.5, 0.6) is 0 Å². The number of hydrogen-bond donors (Lipinski definition) is 1. The molecule has 0 saturated carbocycles. The Balaban J connectivity index is 2.64. The first-order valence-electron chi connectivity index (χ1n) is 6.41. The van der Waals surface area contributed by atoms with Crippen LogP contribution in [-0.2, 0) is 14.3 Å². The molecule has 0 atom stereocenters. The van der Waals surface area contributed by atoms with Gasteiger partial charge < -0.3 is 9.47 Å². The van der Waals surface area contributed by atoms with E-state index >= 15 is 0 Å². The van der Waals surface area contributed by atoms with Crippen molar-refractivity contribution in [3.63, 3.8) is 0 Å². The highest BCUT2D eigenvalue weighted by Crippen LogP contribution is 2.14. The third-order valence-electron chi connectivity index (χ3n) is 2.38. The minimum atomic E-state index is -0.587. The first-order chi connectivity index (χ1) is 9.71. The van der Waals surface area contributed by atoms with Crippen molar-refractivity contribution in [1.29, 1.82) is 0 Å². The third-order valence-corrected chi connectivity index (χ3v) is 2.38. The number of nitrogens with one attached hydrogen (secondary N) is 1. The molecule has 1 amide bonds. The molecule has 0 saturated heterocycles. The Bertz CT molecular complexity index is 528. The van der Waals surface area contributed by atoms with Crippen molar-refractivity contribution in [2.45, 2.75) is 32.8 Å². The number of carbonyl (C=O) groups is 3. The molecule has 0 aliphatic heterocycles. The van der Waals surface area contributed by atoms with Gasteiger partial charge in [-0.1, -0.05) is 0 Å². The van der Waals surface area contributed by atoms with E-state index in [2.05, 4.69) is 10.1 Å². The Morgan fingerprint density at radius 3 is 2.14 bits per heavy atom. The van der Waals surface area contributed by atoms with Gasteiger partial charge in [0.25, 0.3) is 0 Å². The van der Waals surface area contributed by atoms with Crippen LogP contribution in [-0.4, -0.2) is 30.6 Å². The molecule has 0 fully saturated rings. The first-order valence-corrected chi connectivity index (χ1v) is 6.41. The summed E-state index contributed by atoms with van der Waals surface area (Å²) >= 11 is 0. The van der Waals surface area contributed by atoms with Crippen LogP contribution in [0.1, 0.15) is 37.6 Å². The largest absolute Gasteiger partial charge is 0.469 e. The van der Waals surface area contributed by atoms with Crippen LogP contribution in [0.2, 0.25) is 0 Å². The molecule has 1 aromatic carbocycles. The van der Waals surface area contributed by atoms with Crippen LogP contribution in [0, 0.1) is 0 Å². The number of carbonyl (C=O) groups excluding carboxylic acids is 3. The van der Waals surface area contributed by atoms with E-state index in [1.54, 1.807) is 32.9 Å². The maximum absolute atomic E-state index is 11.7. The second-order valence-corrected chi connectivity index (χ2v) is 5.38. The van der Waals surface area contributed by atoms with Gasteiger partial charge in [-0.2, -0.15) is 0 Å². The van der Waals surface area contributed by atoms with Crippen LogP contribution in [0.3, 0.4) is 0 Å². The molecule has 114 valence electrons. The van der Waals surface area contributed by atoms with Gasteiger partial charge in [0.15, 0.2) is 5.78 Å². The van der Waals surface area contributed by atoms with Crippen LogP contribution in [0.15, 0.2) is 24.3 Å². The summed E-state index contributed by atoms with van der Waals surface area (Å²) in [5.74, 6) is -0.929. The molecule has 0 aromatic heterocycles. The molecule has 1 N–H and O–H groups in total. The third kappa shape index (κ3) is 6.07. The molecule has 0 aliphatic rings. The summed E-state index contributed by atoms with van der Waals surface area (Å²) in [4.78, 5) is 34.3. The van der Waals surface area contributed by atoms with Crippen molar-refractivity contribution < 1.29 is 23.9 Å². The summed E-state index contributed by atoms with van der Waals surface area (Å²) < 4.78 is 9.54. The van der Waals surface area contributed by atoms with Crippen molar-refractivity contribution in [2.24, 2.45) is 0 Å². The fraction of sp³-hybridized carbons (Fsp3) is 0.400. The molecule has 1 rings (SSSR count). The number of esters is 1. The van der Waals surface area contributed by atoms with Gasteiger partial charge in [-0.25, -0.2) is 4.79 Å². The monoisotopic (exact) mass is 293 g/mol. The van der Waals surface area contributed by atoms with E-state index in [1.807, 2.05) is 0 Å². The van der Waals surface area contributed by atoms with Crippen LogP contribution in [0.4, 0.5) is 10.5 Å². The Hall–Kier alpha value is -2.37. The van der Waals surface area contributed by atoms with Crippen molar-refractivity contribution in [3.05, 3.63) is 29.8 Å². The van der Waals surface area contributed by atoms with Crippen molar-refractivity contribution >= 4 is 23.5 Å². The van der Waals surface area contributed by atoms with E-state index in [4.69, 9.17) is 4.74 Å². The van der Waals surface area contributed by atoms with Crippen LogP contribution in [0.25, 0.3) is 0 Å². The maximum Gasteiger partial charge on any atom is 0.412 e. The number of anilines is 1. The number of rotatable bonds is 4. The number of ether oxygens (including phenoxy) is 2. The predicted molar refractivity (Wildman–Crippen MR) is 77.3 cm³/mol. The lowest BCUT2D eigenvalue weighted by molar-refractivity contribution is -0.139. The minimum Gasteiger partial charge on any atom is -0.469 e. The van der Waals surface area contributed by atoms with Crippen LogP contribution < -0.4 is 5.32 Å². The fourth-order valence-corrected chi connectivity index (χ4v) is 1.47. The number of Topliss-reactive ketones (excluding diaryl/α,β-unsaturated/α-hetero) is 1. The summed E-state index contributed by atoms with van der Waals surface area (Å²) in [6.45, 7) is 5.30. The highest BCUT2D eigenvalue weighted by atomic mass is 16.6. The molecule has 1 aromatic rings. The Labute approximate surface area is 123 Å². The summed E-state index contributed by atoms with van der Waals surface area (Å²) in [7, 11) is 1.23. The second kappa shape index (κ2) is 6.88. The zero-order chi connectivity index (χ0) is 16.0. The molecule has 0 aliphatic carbocycles. The zero-order valence-corrected chi connectivity index (χ0v) is 12.6. The normalized spacial score (nSPS) is 10.7. The lowest BCUT2D eigenvalue weighted by Gasteiger charge is -2.19. The summed E-state index contributed by atoms with van der Waals surface area (Å²) in [5, 5.41) is 2.55. The fourth-order valence-electron chi connectivity index (χ4n) is 1.47. The molecule has 0 heterocycles. The van der Waals surface area contributed by atoms with Crippen molar-refractivity contribution in [2.75, 3.05) is 12.4 Å². The number of ketones is 1. The van der Waals surface area contributed by atoms with Gasteiger partial charge >= 0.3 is 12.1 Å². The topological polar surface area (TPSA) is 81.7 Å². The Morgan fingerprint density at radius 1 is 1.10 bits per heavy atom. The molecule has 6 heteroatoms. The smallest absolute Gasteiger partial charge is 0.412 e. The zero-order valence-electron chi connectivity index (χ0n) is 12.6. The van der Waals surface area contributed by atoms with Gasteiger partial charge in [0.05, 0.1) is 7.11 Å². The van der Waals surface area contributed by atoms with E-state index in [0.29, 0.717) is 11.3 Å². The lowest BCUT2D eigenvalue weighted by Crippen LogP contribution is -2.27. The van der Waals surface area contributed by atoms with Gasteiger partial charge in [-0.15, -0.1) is 0 Å². The second-order valence-electron chi connectivity index (χ2n) is 5.38. The number of methoxy groups -OCH3 is 1. The van der Waals surface area contributed by atoms with Crippen LogP contribution >= 0.6 is 0 Å². The molecular weight excluding hydrogens is 274 g/mol. The van der Waals surface area contributed by atoms with E-state index in [9.17, 15) is 14.4 Å². The highest BCUT2D eigenvalue weighted by molar-refractivity contribution is 6.06. The number of benzene rings is 1. The van der Waals surface area contributed by atoms with Gasteiger partial charge in [0.1, 0.15) is 12.0 Å². The molecule has 21 heavy (non-hydrogen) atoms. The first kappa shape index (κ1) is 16.7.